The molecule has 1 heterocycles. The van der Waals surface area contributed by atoms with Gasteiger partial charge in [-0.25, -0.2) is 0 Å². The first-order valence-corrected chi connectivity index (χ1v) is 4.83. The van der Waals surface area contributed by atoms with Gasteiger partial charge in [-0.2, -0.15) is 6.07 Å². The molecule has 4 heteroatoms. The molecule has 0 atom stereocenters. The molecule has 3 nitrogen and oxygen atoms in total. The maximum absolute atomic E-state index is 10.7. The summed E-state index contributed by atoms with van der Waals surface area (Å²) < 4.78 is 5.47. The van der Waals surface area contributed by atoms with Crippen LogP contribution in [0.5, 0.6) is 0 Å². The quantitative estimate of drug-likeness (QED) is 0.449. The Kier molecular flexibility index (Phi) is 3.96. The van der Waals surface area contributed by atoms with E-state index in [1.54, 1.807) is 12.1 Å². The summed E-state index contributed by atoms with van der Waals surface area (Å²) >= 11 is 0. The zero-order valence-corrected chi connectivity index (χ0v) is 9.78. The van der Waals surface area contributed by atoms with Crippen LogP contribution in [-0.4, -0.2) is 24.3 Å². The van der Waals surface area contributed by atoms with Crippen LogP contribution in [0.25, 0.3) is 0 Å². The molecule has 1 aromatic rings. The molecule has 0 saturated heterocycles. The van der Waals surface area contributed by atoms with Gasteiger partial charge in [0.15, 0.2) is 5.90 Å². The Morgan fingerprint density at radius 1 is 1.38 bits per heavy atom. The van der Waals surface area contributed by atoms with Crippen LogP contribution in [0.4, 0.5) is 0 Å². The number of benzene rings is 1. The van der Waals surface area contributed by atoms with Crippen molar-refractivity contribution in [1.29, 1.82) is 0 Å². The van der Waals surface area contributed by atoms with Crippen molar-refractivity contribution in [2.45, 2.75) is 19.4 Å². The number of carbonyl (C=O) groups excluding carboxylic acids is 1. The van der Waals surface area contributed by atoms with Gasteiger partial charge in [-0.3, -0.25) is 4.99 Å². The fraction of sp³-hybridized carbons (Fsp3) is 0.333. The summed E-state index contributed by atoms with van der Waals surface area (Å²) in [6.07, 6.45) is 1.89. The second kappa shape index (κ2) is 4.86. The molecule has 0 aromatic heterocycles. The third-order valence-electron chi connectivity index (χ3n) is 2.23. The van der Waals surface area contributed by atoms with Crippen LogP contribution in [0.1, 0.15) is 25.0 Å². The molecule has 0 amide bonds. The molecule has 16 heavy (non-hydrogen) atoms. The van der Waals surface area contributed by atoms with E-state index >= 15 is 0 Å². The van der Waals surface area contributed by atoms with Gasteiger partial charge in [0, 0.05) is 0 Å². The number of nitrogens with zero attached hydrogens (tertiary/aromatic N) is 1. The zero-order chi connectivity index (χ0) is 10.9. The van der Waals surface area contributed by atoms with Crippen LogP contribution in [-0.2, 0) is 9.53 Å². The first-order valence-electron chi connectivity index (χ1n) is 4.83. The summed E-state index contributed by atoms with van der Waals surface area (Å²) in [7, 11) is 0. The Labute approximate surface area is 107 Å². The van der Waals surface area contributed by atoms with Gasteiger partial charge in [-0.05, 0) is 13.8 Å². The molecule has 0 N–H and O–H groups in total. The number of hydrogen-bond acceptors (Lipinski definition) is 3. The third-order valence-corrected chi connectivity index (χ3v) is 2.23. The Hall–Kier alpha value is -1.04. The van der Waals surface area contributed by atoms with Gasteiger partial charge < -0.3 is 9.53 Å². The van der Waals surface area contributed by atoms with E-state index < -0.39 is 0 Å². The van der Waals surface area contributed by atoms with Crippen LogP contribution in [0.15, 0.2) is 29.3 Å². The molecular formula is C12H12LiNO2. The number of aliphatic imine (C=N–C) groups is 1. The summed E-state index contributed by atoms with van der Waals surface area (Å²) in [4.78, 5) is 15.1. The normalized spacial score (nSPS) is 17.0. The molecule has 0 spiro atoms. The van der Waals surface area contributed by atoms with Crippen molar-refractivity contribution in [3.05, 3.63) is 35.4 Å². The molecule has 78 valence electrons. The smallest absolute Gasteiger partial charge is 0.485 e. The summed E-state index contributed by atoms with van der Waals surface area (Å²) in [6.45, 7) is 4.54. The SMILES string of the molecule is CC1(C)COC(c2ccccc2[C-]=O)=N1.[Li+]. The Bertz CT molecular complexity index is 427. The van der Waals surface area contributed by atoms with Crippen molar-refractivity contribution in [3.8, 4) is 0 Å². The van der Waals surface area contributed by atoms with E-state index in [9.17, 15) is 4.79 Å². The van der Waals surface area contributed by atoms with Gasteiger partial charge in [0.2, 0.25) is 0 Å². The van der Waals surface area contributed by atoms with Gasteiger partial charge in [0.1, 0.15) is 6.61 Å². The number of ether oxygens (including phenoxy) is 1. The maximum Gasteiger partial charge on any atom is 1.00 e. The molecule has 0 saturated carbocycles. The maximum atomic E-state index is 10.7. The van der Waals surface area contributed by atoms with Crippen molar-refractivity contribution in [1.82, 2.24) is 0 Å². The standard InChI is InChI=1S/C12H12NO2.Li/c1-12(2)8-15-11(13-12)10-6-4-3-5-9(10)7-14;/h3-6H,8H2,1-2H3;/q-1;+1. The third kappa shape index (κ3) is 2.55. The van der Waals surface area contributed by atoms with Crippen molar-refractivity contribution in [2.75, 3.05) is 6.61 Å². The zero-order valence-electron chi connectivity index (χ0n) is 9.78. The Morgan fingerprint density at radius 2 is 2.06 bits per heavy atom. The minimum Gasteiger partial charge on any atom is -0.485 e. The van der Waals surface area contributed by atoms with Crippen LogP contribution in [0, 0.1) is 0 Å². The summed E-state index contributed by atoms with van der Waals surface area (Å²) in [5, 5.41) is 0. The molecule has 1 aliphatic rings. The number of hydrogen-bond donors (Lipinski definition) is 0. The van der Waals surface area contributed by atoms with E-state index in [2.05, 4.69) is 4.99 Å². The summed E-state index contributed by atoms with van der Waals surface area (Å²) in [6, 6.07) is 7.18. The molecule has 1 aromatic carbocycles. The van der Waals surface area contributed by atoms with Gasteiger partial charge in [-0.1, -0.05) is 11.6 Å². The van der Waals surface area contributed by atoms with Crippen LogP contribution in [0.2, 0.25) is 0 Å². The van der Waals surface area contributed by atoms with Crippen molar-refractivity contribution in [3.63, 3.8) is 0 Å². The van der Waals surface area contributed by atoms with Gasteiger partial charge in [0.25, 0.3) is 0 Å². The first kappa shape index (κ1) is 13.0. The molecule has 1 aliphatic heterocycles. The van der Waals surface area contributed by atoms with Gasteiger partial charge in [-0.15, -0.1) is 17.7 Å². The fourth-order valence-electron chi connectivity index (χ4n) is 1.48. The second-order valence-corrected chi connectivity index (χ2v) is 4.17. The van der Waals surface area contributed by atoms with Crippen molar-refractivity contribution >= 4 is 12.2 Å². The van der Waals surface area contributed by atoms with Crippen LogP contribution >= 0.6 is 0 Å². The van der Waals surface area contributed by atoms with E-state index in [0.29, 0.717) is 18.1 Å². The van der Waals surface area contributed by atoms with E-state index in [1.165, 1.54) is 0 Å². The van der Waals surface area contributed by atoms with Crippen molar-refractivity contribution < 1.29 is 28.4 Å². The summed E-state index contributed by atoms with van der Waals surface area (Å²) in [5.41, 5.74) is 1.01. The largest absolute Gasteiger partial charge is 1.00 e. The molecule has 0 bridgehead atoms. The molecule has 0 radical (unpaired) electrons. The predicted octanol–water partition coefficient (Wildman–Crippen LogP) is -1.30. The Balaban J connectivity index is 0.00000128. The molecule has 0 unspecified atom stereocenters. The Morgan fingerprint density at radius 3 is 2.62 bits per heavy atom. The fourth-order valence-corrected chi connectivity index (χ4v) is 1.48. The minimum absolute atomic E-state index is 0. The van der Waals surface area contributed by atoms with Crippen LogP contribution < -0.4 is 18.9 Å². The monoisotopic (exact) mass is 209 g/mol. The molecule has 0 aliphatic carbocycles. The van der Waals surface area contributed by atoms with Crippen molar-refractivity contribution in [2.24, 2.45) is 4.99 Å². The van der Waals surface area contributed by atoms with E-state index in [0.717, 1.165) is 5.56 Å². The van der Waals surface area contributed by atoms with Gasteiger partial charge >= 0.3 is 18.9 Å². The average molecular weight is 209 g/mol. The topological polar surface area (TPSA) is 38.7 Å². The first-order chi connectivity index (χ1) is 7.12. The van der Waals surface area contributed by atoms with E-state index in [1.807, 2.05) is 32.3 Å². The molecular weight excluding hydrogens is 197 g/mol. The average Bonchev–Trinajstić information content (AvgIpc) is 2.59. The second-order valence-electron chi connectivity index (χ2n) is 4.17. The minimum atomic E-state index is -0.203. The number of rotatable bonds is 2. The van der Waals surface area contributed by atoms with Gasteiger partial charge in [0.05, 0.1) is 11.8 Å². The van der Waals surface area contributed by atoms with E-state index in [4.69, 9.17) is 4.74 Å². The molecule has 2 rings (SSSR count). The van der Waals surface area contributed by atoms with E-state index in [-0.39, 0.29) is 24.4 Å². The molecule has 0 fully saturated rings. The summed E-state index contributed by atoms with van der Waals surface area (Å²) in [5.74, 6) is 0.541. The van der Waals surface area contributed by atoms with Crippen LogP contribution in [0.3, 0.4) is 0 Å². The predicted molar refractivity (Wildman–Crippen MR) is 57.8 cm³/mol.